The fourth-order valence-electron chi connectivity index (χ4n) is 0.644. The lowest BCUT2D eigenvalue weighted by Crippen LogP contribution is -2.27. The summed E-state index contributed by atoms with van der Waals surface area (Å²) in [7, 11) is -2.89. The van der Waals surface area contributed by atoms with Crippen LogP contribution in [-0.2, 0) is 9.84 Å². The van der Waals surface area contributed by atoms with Gasteiger partial charge in [-0.3, -0.25) is 0 Å². The minimum absolute atomic E-state index is 0.231. The predicted octanol–water partition coefficient (Wildman–Crippen LogP) is -0.232. The Hall–Kier alpha value is -0.0900. The van der Waals surface area contributed by atoms with Crippen LogP contribution >= 0.6 is 0 Å². The van der Waals surface area contributed by atoms with Crippen molar-refractivity contribution in [2.24, 2.45) is 5.73 Å². The van der Waals surface area contributed by atoms with Crippen LogP contribution < -0.4 is 5.73 Å². The van der Waals surface area contributed by atoms with Crippen molar-refractivity contribution < 1.29 is 8.42 Å². The fourth-order valence-corrected chi connectivity index (χ4v) is 1.60. The average Bonchev–Trinajstić information content (AvgIpc) is 1.65. The van der Waals surface area contributed by atoms with E-state index < -0.39 is 9.84 Å². The van der Waals surface area contributed by atoms with Crippen LogP contribution in [0, 0.1) is 0 Å². The summed E-state index contributed by atoms with van der Waals surface area (Å²) in [6.07, 6.45) is 1.82. The quantitative estimate of drug-likeness (QED) is 0.606. The van der Waals surface area contributed by atoms with Crippen LogP contribution in [0.25, 0.3) is 0 Å². The van der Waals surface area contributed by atoms with Gasteiger partial charge in [-0.05, 0) is 6.42 Å². The molecule has 0 aromatic heterocycles. The van der Waals surface area contributed by atoms with E-state index in [1.807, 2.05) is 6.92 Å². The molecule has 0 aromatic rings. The van der Waals surface area contributed by atoms with Crippen molar-refractivity contribution in [3.63, 3.8) is 0 Å². The summed E-state index contributed by atoms with van der Waals surface area (Å²) in [6.45, 7) is 2.05. The van der Waals surface area contributed by atoms with E-state index in [0.717, 1.165) is 0 Å². The molecule has 56 valence electrons. The lowest BCUT2D eigenvalue weighted by atomic mass is 10.3. The number of rotatable bonds is 3. The third-order valence-electron chi connectivity index (χ3n) is 1.32. The third kappa shape index (κ3) is 2.81. The zero-order chi connectivity index (χ0) is 7.49. The van der Waals surface area contributed by atoms with Gasteiger partial charge in [0.25, 0.3) is 0 Å². The monoisotopic (exact) mass is 151 g/mol. The second-order valence-corrected chi connectivity index (χ2v) is 4.42. The first-order valence-corrected chi connectivity index (χ1v) is 4.86. The maximum absolute atomic E-state index is 10.7. The third-order valence-corrected chi connectivity index (χ3v) is 3.06. The highest BCUT2D eigenvalue weighted by Gasteiger charge is 2.15. The Morgan fingerprint density at radius 1 is 1.56 bits per heavy atom. The number of hydrogen-bond acceptors (Lipinski definition) is 3. The van der Waals surface area contributed by atoms with Crippen molar-refractivity contribution in [1.82, 2.24) is 0 Å². The molecular weight excluding hydrogens is 138 g/mol. The SMILES string of the molecule is CC[C@@H](CN)S(C)(=O)=O. The lowest BCUT2D eigenvalue weighted by molar-refractivity contribution is 0.582. The van der Waals surface area contributed by atoms with Gasteiger partial charge >= 0.3 is 0 Å². The molecule has 0 fully saturated rings. The van der Waals surface area contributed by atoms with Crippen molar-refractivity contribution in [1.29, 1.82) is 0 Å². The highest BCUT2D eigenvalue weighted by atomic mass is 32.2. The first kappa shape index (κ1) is 8.91. The second-order valence-electron chi connectivity index (χ2n) is 2.10. The molecule has 4 heteroatoms. The minimum Gasteiger partial charge on any atom is -0.329 e. The molecule has 0 unspecified atom stereocenters. The van der Waals surface area contributed by atoms with Gasteiger partial charge in [-0.2, -0.15) is 0 Å². The molecular formula is C5H13NO2S. The standard InChI is InChI=1S/C5H13NO2S/c1-3-5(4-6)9(2,7)8/h5H,3-4,6H2,1-2H3/t5-/m0/s1. The van der Waals surface area contributed by atoms with Gasteiger partial charge in [0.2, 0.25) is 0 Å². The van der Waals surface area contributed by atoms with Crippen LogP contribution in [0.2, 0.25) is 0 Å². The highest BCUT2D eigenvalue weighted by molar-refractivity contribution is 7.91. The van der Waals surface area contributed by atoms with Crippen LogP contribution in [-0.4, -0.2) is 26.5 Å². The van der Waals surface area contributed by atoms with E-state index >= 15 is 0 Å². The molecule has 0 rings (SSSR count). The smallest absolute Gasteiger partial charge is 0.151 e. The van der Waals surface area contributed by atoms with Gasteiger partial charge in [0.1, 0.15) is 0 Å². The summed E-state index contributed by atoms with van der Waals surface area (Å²) < 4.78 is 21.4. The minimum atomic E-state index is -2.89. The second kappa shape index (κ2) is 3.17. The van der Waals surface area contributed by atoms with Crippen molar-refractivity contribution >= 4 is 9.84 Å². The summed E-state index contributed by atoms with van der Waals surface area (Å²) in [5.41, 5.74) is 5.19. The number of nitrogens with two attached hydrogens (primary N) is 1. The maximum Gasteiger partial charge on any atom is 0.151 e. The molecule has 1 atom stereocenters. The van der Waals surface area contributed by atoms with Crippen LogP contribution in [0.4, 0.5) is 0 Å². The van der Waals surface area contributed by atoms with Crippen LogP contribution in [0.1, 0.15) is 13.3 Å². The molecule has 0 spiro atoms. The molecule has 9 heavy (non-hydrogen) atoms. The van der Waals surface area contributed by atoms with Crippen molar-refractivity contribution in [3.8, 4) is 0 Å². The van der Waals surface area contributed by atoms with E-state index in [-0.39, 0.29) is 11.8 Å². The first-order chi connectivity index (χ1) is 4.02. The maximum atomic E-state index is 10.7. The highest BCUT2D eigenvalue weighted by Crippen LogP contribution is 2.00. The van der Waals surface area contributed by atoms with Crippen LogP contribution in [0.5, 0.6) is 0 Å². The number of hydrogen-bond donors (Lipinski definition) is 1. The molecule has 0 radical (unpaired) electrons. The first-order valence-electron chi connectivity index (χ1n) is 2.91. The van der Waals surface area contributed by atoms with Crippen LogP contribution in [0.3, 0.4) is 0 Å². The molecule has 0 aliphatic rings. The van der Waals surface area contributed by atoms with Gasteiger partial charge in [-0.1, -0.05) is 6.92 Å². The molecule has 0 bridgehead atoms. The lowest BCUT2D eigenvalue weighted by Gasteiger charge is -2.07. The summed E-state index contributed by atoms with van der Waals surface area (Å²) in [6, 6.07) is 0. The van der Waals surface area contributed by atoms with E-state index in [1.54, 1.807) is 0 Å². The number of sulfone groups is 1. The molecule has 0 saturated carbocycles. The van der Waals surface area contributed by atoms with E-state index in [4.69, 9.17) is 5.73 Å². The Labute approximate surface area is 56.2 Å². The van der Waals surface area contributed by atoms with Gasteiger partial charge in [0.05, 0.1) is 5.25 Å². The largest absolute Gasteiger partial charge is 0.329 e. The van der Waals surface area contributed by atoms with Crippen molar-refractivity contribution in [3.05, 3.63) is 0 Å². The molecule has 0 amide bonds. The van der Waals surface area contributed by atoms with Gasteiger partial charge in [0, 0.05) is 12.8 Å². The van der Waals surface area contributed by atoms with Crippen LogP contribution in [0.15, 0.2) is 0 Å². The topological polar surface area (TPSA) is 60.2 Å². The van der Waals surface area contributed by atoms with Gasteiger partial charge in [-0.15, -0.1) is 0 Å². The molecule has 0 aromatic carbocycles. The van der Waals surface area contributed by atoms with E-state index in [2.05, 4.69) is 0 Å². The fraction of sp³-hybridized carbons (Fsp3) is 1.00. The van der Waals surface area contributed by atoms with Gasteiger partial charge in [-0.25, -0.2) is 8.42 Å². The van der Waals surface area contributed by atoms with Crippen molar-refractivity contribution in [2.75, 3.05) is 12.8 Å². The zero-order valence-electron chi connectivity index (χ0n) is 5.79. The van der Waals surface area contributed by atoms with Crippen molar-refractivity contribution in [2.45, 2.75) is 18.6 Å². The molecule has 0 aliphatic carbocycles. The van der Waals surface area contributed by atoms with E-state index in [1.165, 1.54) is 6.26 Å². The Balaban J connectivity index is 4.14. The van der Waals surface area contributed by atoms with E-state index in [0.29, 0.717) is 6.42 Å². The molecule has 0 saturated heterocycles. The Bertz CT molecular complexity index is 158. The Morgan fingerprint density at radius 3 is 2.00 bits per heavy atom. The van der Waals surface area contributed by atoms with Gasteiger partial charge < -0.3 is 5.73 Å². The summed E-state index contributed by atoms with van der Waals surface area (Å²) in [5.74, 6) is 0. The summed E-state index contributed by atoms with van der Waals surface area (Å²) in [5, 5.41) is -0.350. The predicted molar refractivity (Wildman–Crippen MR) is 38.0 cm³/mol. The Kier molecular flexibility index (Phi) is 3.14. The Morgan fingerprint density at radius 2 is 2.00 bits per heavy atom. The van der Waals surface area contributed by atoms with E-state index in [9.17, 15) is 8.42 Å². The molecule has 0 heterocycles. The molecule has 3 nitrogen and oxygen atoms in total. The average molecular weight is 151 g/mol. The summed E-state index contributed by atoms with van der Waals surface area (Å²) in [4.78, 5) is 0. The zero-order valence-corrected chi connectivity index (χ0v) is 6.61. The molecule has 0 aliphatic heterocycles. The molecule has 2 N–H and O–H groups in total. The summed E-state index contributed by atoms with van der Waals surface area (Å²) >= 11 is 0. The normalized spacial score (nSPS) is 15.4. The van der Waals surface area contributed by atoms with Gasteiger partial charge in [0.15, 0.2) is 9.84 Å².